The van der Waals surface area contributed by atoms with Crippen molar-refractivity contribution in [2.24, 2.45) is 0 Å². The Labute approximate surface area is 108 Å². The summed E-state index contributed by atoms with van der Waals surface area (Å²) in [6, 6.07) is 2.43. The highest BCUT2D eigenvalue weighted by molar-refractivity contribution is 9.09. The molecule has 0 aliphatic heterocycles. The minimum atomic E-state index is -0.816. The maximum Gasteiger partial charge on any atom is 0.259 e. The lowest BCUT2D eigenvalue weighted by Crippen LogP contribution is -2.29. The van der Waals surface area contributed by atoms with Crippen LogP contribution in [0.1, 0.15) is 22.3 Å². The Bertz CT molecular complexity index is 423. The number of carbonyl (C=O) groups excluding carboxylic acids is 1. The normalized spacial score (nSPS) is 10.4. The van der Waals surface area contributed by atoms with E-state index < -0.39 is 23.1 Å². The Morgan fingerprint density at radius 2 is 2.06 bits per heavy atom. The highest BCUT2D eigenvalue weighted by Gasteiger charge is 2.21. The van der Waals surface area contributed by atoms with Crippen molar-refractivity contribution in [2.45, 2.75) is 13.3 Å². The van der Waals surface area contributed by atoms with Gasteiger partial charge in [-0.2, -0.15) is 0 Å². The number of alkyl halides is 1. The molecule has 1 aromatic carbocycles. The molecule has 0 aliphatic carbocycles. The number of halogens is 3. The lowest BCUT2D eigenvalue weighted by atomic mass is 10.1. The third-order valence-electron chi connectivity index (χ3n) is 2.47. The molecule has 0 atom stereocenters. The van der Waals surface area contributed by atoms with Gasteiger partial charge >= 0.3 is 0 Å². The molecule has 0 bridgehead atoms. The Kier molecular flexibility index (Phi) is 5.05. The highest BCUT2D eigenvalue weighted by Crippen LogP contribution is 2.18. The predicted molar refractivity (Wildman–Crippen MR) is 66.5 cm³/mol. The summed E-state index contributed by atoms with van der Waals surface area (Å²) in [6.07, 6.45) is 0.733. The van der Waals surface area contributed by atoms with E-state index in [2.05, 4.69) is 15.9 Å². The summed E-state index contributed by atoms with van der Waals surface area (Å²) in [5.74, 6) is -2.21. The first kappa shape index (κ1) is 14.1. The quantitative estimate of drug-likeness (QED) is 0.783. The van der Waals surface area contributed by atoms with E-state index in [-0.39, 0.29) is 5.56 Å². The molecule has 0 saturated carbocycles. The van der Waals surface area contributed by atoms with Crippen LogP contribution in [0.5, 0.6) is 0 Å². The molecule has 0 saturated heterocycles. The lowest BCUT2D eigenvalue weighted by Gasteiger charge is -2.17. The van der Waals surface area contributed by atoms with Gasteiger partial charge in [-0.3, -0.25) is 4.79 Å². The number of rotatable bonds is 4. The Balaban J connectivity index is 2.99. The average molecular weight is 306 g/mol. The molecule has 5 heteroatoms. The van der Waals surface area contributed by atoms with Gasteiger partial charge in [0.1, 0.15) is 17.2 Å². The fourth-order valence-electron chi connectivity index (χ4n) is 1.44. The van der Waals surface area contributed by atoms with Crippen LogP contribution in [-0.2, 0) is 0 Å². The molecule has 0 heterocycles. The molecule has 0 aromatic heterocycles. The van der Waals surface area contributed by atoms with E-state index in [1.54, 1.807) is 0 Å². The van der Waals surface area contributed by atoms with Gasteiger partial charge in [-0.05, 0) is 25.0 Å². The van der Waals surface area contributed by atoms with Crippen LogP contribution in [0, 0.1) is 18.6 Å². The van der Waals surface area contributed by atoms with Crippen LogP contribution in [0.2, 0.25) is 0 Å². The Morgan fingerprint density at radius 1 is 1.41 bits per heavy atom. The zero-order valence-electron chi connectivity index (χ0n) is 9.77. The second-order valence-corrected chi connectivity index (χ2v) is 4.62. The molecule has 0 radical (unpaired) electrons. The average Bonchev–Trinajstić information content (AvgIpc) is 2.31. The summed E-state index contributed by atoms with van der Waals surface area (Å²) in [6.45, 7) is 1.96. The maximum atomic E-state index is 13.7. The topological polar surface area (TPSA) is 20.3 Å². The lowest BCUT2D eigenvalue weighted by molar-refractivity contribution is 0.0786. The van der Waals surface area contributed by atoms with Crippen molar-refractivity contribution >= 4 is 21.8 Å². The fraction of sp³-hybridized carbons (Fsp3) is 0.417. The second-order valence-electron chi connectivity index (χ2n) is 3.82. The standard InChI is InChI=1S/C12H14BrF2NO/c1-8-4-5-9(14)10(11(8)15)12(17)16(2)7-3-6-13/h4-5H,3,6-7H2,1-2H3. The third kappa shape index (κ3) is 3.25. The highest BCUT2D eigenvalue weighted by atomic mass is 79.9. The van der Waals surface area contributed by atoms with Gasteiger partial charge in [-0.25, -0.2) is 8.78 Å². The van der Waals surface area contributed by atoms with Gasteiger partial charge < -0.3 is 4.90 Å². The van der Waals surface area contributed by atoms with E-state index in [0.717, 1.165) is 17.8 Å². The van der Waals surface area contributed by atoms with Crippen LogP contribution in [0.25, 0.3) is 0 Å². The first-order valence-corrected chi connectivity index (χ1v) is 6.37. The Morgan fingerprint density at radius 3 is 2.65 bits per heavy atom. The summed E-state index contributed by atoms with van der Waals surface area (Å²) < 4.78 is 27.2. The fourth-order valence-corrected chi connectivity index (χ4v) is 1.69. The largest absolute Gasteiger partial charge is 0.341 e. The Hall–Kier alpha value is -0.970. The van der Waals surface area contributed by atoms with Crippen molar-refractivity contribution in [3.63, 3.8) is 0 Å². The number of benzene rings is 1. The van der Waals surface area contributed by atoms with Crippen LogP contribution >= 0.6 is 15.9 Å². The molecular weight excluding hydrogens is 292 g/mol. The molecule has 1 amide bonds. The van der Waals surface area contributed by atoms with Crippen LogP contribution in [0.3, 0.4) is 0 Å². The first-order valence-electron chi connectivity index (χ1n) is 5.25. The van der Waals surface area contributed by atoms with Crippen molar-refractivity contribution in [1.29, 1.82) is 0 Å². The molecular formula is C12H14BrF2NO. The number of aryl methyl sites for hydroxylation is 1. The van der Waals surface area contributed by atoms with Crippen molar-refractivity contribution in [3.05, 3.63) is 34.9 Å². The SMILES string of the molecule is Cc1ccc(F)c(C(=O)N(C)CCCBr)c1F. The second kappa shape index (κ2) is 6.10. The van der Waals surface area contributed by atoms with Crippen LogP contribution in [0.15, 0.2) is 12.1 Å². The zero-order chi connectivity index (χ0) is 13.0. The van der Waals surface area contributed by atoms with Gasteiger partial charge in [0.05, 0.1) is 0 Å². The zero-order valence-corrected chi connectivity index (χ0v) is 11.4. The van der Waals surface area contributed by atoms with Gasteiger partial charge in [0.15, 0.2) is 0 Å². The number of hydrogen-bond acceptors (Lipinski definition) is 1. The van der Waals surface area contributed by atoms with Crippen LogP contribution < -0.4 is 0 Å². The van der Waals surface area contributed by atoms with E-state index >= 15 is 0 Å². The van der Waals surface area contributed by atoms with Crippen molar-refractivity contribution < 1.29 is 13.6 Å². The van der Waals surface area contributed by atoms with E-state index in [0.29, 0.717) is 6.54 Å². The molecule has 0 fully saturated rings. The first-order chi connectivity index (χ1) is 7.99. The summed E-state index contributed by atoms with van der Waals surface area (Å²) in [7, 11) is 1.53. The van der Waals surface area contributed by atoms with Crippen molar-refractivity contribution in [3.8, 4) is 0 Å². The molecule has 0 N–H and O–H groups in total. The van der Waals surface area contributed by atoms with Crippen LogP contribution in [-0.4, -0.2) is 29.7 Å². The van der Waals surface area contributed by atoms with Crippen LogP contribution in [0.4, 0.5) is 8.78 Å². The van der Waals surface area contributed by atoms with E-state index in [4.69, 9.17) is 0 Å². The number of hydrogen-bond donors (Lipinski definition) is 0. The summed E-state index contributed by atoms with van der Waals surface area (Å²) in [5.41, 5.74) is -0.203. The summed E-state index contributed by atoms with van der Waals surface area (Å²) >= 11 is 3.24. The summed E-state index contributed by atoms with van der Waals surface area (Å²) in [4.78, 5) is 13.2. The predicted octanol–water partition coefficient (Wildman–Crippen LogP) is 3.13. The molecule has 0 spiro atoms. The third-order valence-corrected chi connectivity index (χ3v) is 3.03. The smallest absolute Gasteiger partial charge is 0.259 e. The van der Waals surface area contributed by atoms with E-state index in [1.165, 1.54) is 24.9 Å². The summed E-state index contributed by atoms with van der Waals surface area (Å²) in [5, 5.41) is 0.739. The number of carbonyl (C=O) groups is 1. The van der Waals surface area contributed by atoms with Gasteiger partial charge in [0.2, 0.25) is 0 Å². The monoisotopic (exact) mass is 305 g/mol. The van der Waals surface area contributed by atoms with Gasteiger partial charge in [-0.1, -0.05) is 22.0 Å². The molecule has 94 valence electrons. The minimum absolute atomic E-state index is 0.267. The van der Waals surface area contributed by atoms with E-state index in [9.17, 15) is 13.6 Å². The van der Waals surface area contributed by atoms with Gasteiger partial charge in [0, 0.05) is 18.9 Å². The maximum absolute atomic E-state index is 13.7. The molecule has 1 aromatic rings. The van der Waals surface area contributed by atoms with Gasteiger partial charge in [-0.15, -0.1) is 0 Å². The number of nitrogens with zero attached hydrogens (tertiary/aromatic N) is 1. The molecule has 1 rings (SSSR count). The minimum Gasteiger partial charge on any atom is -0.341 e. The molecule has 17 heavy (non-hydrogen) atoms. The number of amides is 1. The molecule has 2 nitrogen and oxygen atoms in total. The van der Waals surface area contributed by atoms with E-state index in [1.807, 2.05) is 0 Å². The molecule has 0 unspecified atom stereocenters. The molecule has 0 aliphatic rings. The van der Waals surface area contributed by atoms with Crippen molar-refractivity contribution in [2.75, 3.05) is 18.9 Å². The van der Waals surface area contributed by atoms with Gasteiger partial charge in [0.25, 0.3) is 5.91 Å². The van der Waals surface area contributed by atoms with Crippen molar-refractivity contribution in [1.82, 2.24) is 4.90 Å².